The average Bonchev–Trinajstić information content (AvgIpc) is 2.38. The first-order valence-corrected chi connectivity index (χ1v) is 6.32. The van der Waals surface area contributed by atoms with Crippen LogP contribution in [0.2, 0.25) is 0 Å². The standard InChI is InChI=1S/C14H22N2O2/c1-14(2)10-16(12(9-17)8-15-14)11-5-4-6-13(7-11)18-3/h4-7,12,15,17H,8-10H2,1-3H3. The van der Waals surface area contributed by atoms with Crippen LogP contribution >= 0.6 is 0 Å². The molecule has 0 bridgehead atoms. The highest BCUT2D eigenvalue weighted by molar-refractivity contribution is 5.52. The normalized spacial score (nSPS) is 22.9. The molecule has 0 spiro atoms. The molecule has 2 N–H and O–H groups in total. The maximum atomic E-state index is 9.51. The molecule has 1 aliphatic heterocycles. The third kappa shape index (κ3) is 2.76. The fourth-order valence-corrected chi connectivity index (χ4v) is 2.37. The Kier molecular flexibility index (Phi) is 3.78. The van der Waals surface area contributed by atoms with Crippen LogP contribution in [0.3, 0.4) is 0 Å². The third-order valence-corrected chi connectivity index (χ3v) is 3.42. The Morgan fingerprint density at radius 2 is 2.28 bits per heavy atom. The predicted molar refractivity (Wildman–Crippen MR) is 73.3 cm³/mol. The van der Waals surface area contributed by atoms with Gasteiger partial charge in [-0.05, 0) is 26.0 Å². The van der Waals surface area contributed by atoms with E-state index in [1.165, 1.54) is 0 Å². The summed E-state index contributed by atoms with van der Waals surface area (Å²) < 4.78 is 5.26. The van der Waals surface area contributed by atoms with E-state index in [9.17, 15) is 5.11 Å². The summed E-state index contributed by atoms with van der Waals surface area (Å²) in [5.74, 6) is 0.848. The number of hydrogen-bond acceptors (Lipinski definition) is 4. The van der Waals surface area contributed by atoms with Crippen LogP contribution in [-0.2, 0) is 0 Å². The molecule has 0 saturated carbocycles. The lowest BCUT2D eigenvalue weighted by molar-refractivity contribution is 0.214. The Morgan fingerprint density at radius 1 is 1.50 bits per heavy atom. The molecule has 0 radical (unpaired) electrons. The molecular weight excluding hydrogens is 228 g/mol. The molecule has 0 aliphatic carbocycles. The zero-order valence-electron chi connectivity index (χ0n) is 11.3. The second-order valence-electron chi connectivity index (χ2n) is 5.43. The van der Waals surface area contributed by atoms with E-state index in [4.69, 9.17) is 4.74 Å². The van der Waals surface area contributed by atoms with Gasteiger partial charge in [-0.25, -0.2) is 0 Å². The first-order chi connectivity index (χ1) is 8.55. The van der Waals surface area contributed by atoms with Crippen molar-refractivity contribution in [3.63, 3.8) is 0 Å². The van der Waals surface area contributed by atoms with Crippen molar-refractivity contribution in [2.45, 2.75) is 25.4 Å². The Morgan fingerprint density at radius 3 is 2.94 bits per heavy atom. The van der Waals surface area contributed by atoms with Gasteiger partial charge in [0.15, 0.2) is 0 Å². The minimum Gasteiger partial charge on any atom is -0.497 e. The van der Waals surface area contributed by atoms with Crippen LogP contribution in [0.1, 0.15) is 13.8 Å². The van der Waals surface area contributed by atoms with E-state index in [2.05, 4.69) is 30.1 Å². The van der Waals surface area contributed by atoms with Crippen molar-refractivity contribution >= 4 is 5.69 Å². The van der Waals surface area contributed by atoms with E-state index >= 15 is 0 Å². The van der Waals surface area contributed by atoms with E-state index in [-0.39, 0.29) is 18.2 Å². The highest BCUT2D eigenvalue weighted by Crippen LogP contribution is 2.26. The molecule has 1 aliphatic rings. The average molecular weight is 250 g/mol. The Labute approximate surface area is 109 Å². The Bertz CT molecular complexity index is 407. The Hall–Kier alpha value is -1.26. The number of nitrogens with zero attached hydrogens (tertiary/aromatic N) is 1. The van der Waals surface area contributed by atoms with Crippen molar-refractivity contribution in [3.05, 3.63) is 24.3 Å². The molecule has 4 nitrogen and oxygen atoms in total. The number of rotatable bonds is 3. The number of piperazine rings is 1. The van der Waals surface area contributed by atoms with Gasteiger partial charge in [0, 0.05) is 30.4 Å². The molecule has 1 aromatic rings. The lowest BCUT2D eigenvalue weighted by Gasteiger charge is -2.45. The maximum absolute atomic E-state index is 9.51. The summed E-state index contributed by atoms with van der Waals surface area (Å²) in [5, 5.41) is 13.0. The monoisotopic (exact) mass is 250 g/mol. The smallest absolute Gasteiger partial charge is 0.120 e. The van der Waals surface area contributed by atoms with Crippen molar-refractivity contribution in [1.29, 1.82) is 0 Å². The van der Waals surface area contributed by atoms with E-state index < -0.39 is 0 Å². The molecule has 100 valence electrons. The van der Waals surface area contributed by atoms with Crippen molar-refractivity contribution < 1.29 is 9.84 Å². The number of anilines is 1. The quantitative estimate of drug-likeness (QED) is 0.847. The van der Waals surface area contributed by atoms with Crippen molar-refractivity contribution in [2.24, 2.45) is 0 Å². The van der Waals surface area contributed by atoms with Crippen molar-refractivity contribution in [3.8, 4) is 5.75 Å². The lowest BCUT2D eigenvalue weighted by atomic mass is 9.98. The molecule has 1 atom stereocenters. The fourth-order valence-electron chi connectivity index (χ4n) is 2.37. The molecule has 18 heavy (non-hydrogen) atoms. The van der Waals surface area contributed by atoms with Gasteiger partial charge < -0.3 is 20.1 Å². The molecule has 0 aromatic heterocycles. The molecule has 1 saturated heterocycles. The lowest BCUT2D eigenvalue weighted by Crippen LogP contribution is -2.62. The summed E-state index contributed by atoms with van der Waals surface area (Å²) >= 11 is 0. The molecule has 0 amide bonds. The van der Waals surface area contributed by atoms with Crippen LogP contribution < -0.4 is 15.0 Å². The number of aliphatic hydroxyl groups excluding tert-OH is 1. The number of ether oxygens (including phenoxy) is 1. The van der Waals surface area contributed by atoms with Gasteiger partial charge in [0.2, 0.25) is 0 Å². The molecular formula is C14H22N2O2. The van der Waals surface area contributed by atoms with E-state index in [1.807, 2.05) is 18.2 Å². The first kappa shape index (κ1) is 13.2. The zero-order chi connectivity index (χ0) is 13.2. The van der Waals surface area contributed by atoms with Crippen molar-refractivity contribution in [1.82, 2.24) is 5.32 Å². The number of nitrogens with one attached hydrogen (secondary N) is 1. The molecule has 2 rings (SSSR count). The van der Waals surface area contributed by atoms with Gasteiger partial charge in [-0.1, -0.05) is 6.07 Å². The second-order valence-corrected chi connectivity index (χ2v) is 5.43. The Balaban J connectivity index is 2.26. The molecule has 1 fully saturated rings. The number of methoxy groups -OCH3 is 1. The van der Waals surface area contributed by atoms with Crippen LogP contribution in [-0.4, -0.2) is 43.5 Å². The highest BCUT2D eigenvalue weighted by Gasteiger charge is 2.32. The fraction of sp³-hybridized carbons (Fsp3) is 0.571. The first-order valence-electron chi connectivity index (χ1n) is 6.32. The largest absolute Gasteiger partial charge is 0.497 e. The maximum Gasteiger partial charge on any atom is 0.120 e. The van der Waals surface area contributed by atoms with Gasteiger partial charge in [0.1, 0.15) is 5.75 Å². The van der Waals surface area contributed by atoms with E-state index in [1.54, 1.807) is 7.11 Å². The van der Waals surface area contributed by atoms with Gasteiger partial charge in [-0.15, -0.1) is 0 Å². The second kappa shape index (κ2) is 5.16. The number of benzene rings is 1. The topological polar surface area (TPSA) is 44.7 Å². The SMILES string of the molecule is COc1cccc(N2CC(C)(C)NCC2CO)c1. The summed E-state index contributed by atoms with van der Waals surface area (Å²) in [7, 11) is 1.67. The van der Waals surface area contributed by atoms with Crippen LogP contribution in [0.5, 0.6) is 5.75 Å². The summed E-state index contributed by atoms with van der Waals surface area (Å²) in [6, 6.07) is 8.11. The summed E-state index contributed by atoms with van der Waals surface area (Å²) in [6.45, 7) is 6.16. The number of hydrogen-bond donors (Lipinski definition) is 2. The van der Waals surface area contributed by atoms with Crippen LogP contribution in [0.25, 0.3) is 0 Å². The molecule has 4 heteroatoms. The highest BCUT2D eigenvalue weighted by atomic mass is 16.5. The van der Waals surface area contributed by atoms with Crippen LogP contribution in [0, 0.1) is 0 Å². The summed E-state index contributed by atoms with van der Waals surface area (Å²) in [5.41, 5.74) is 1.15. The van der Waals surface area contributed by atoms with Gasteiger partial charge >= 0.3 is 0 Å². The van der Waals surface area contributed by atoms with Crippen LogP contribution in [0.15, 0.2) is 24.3 Å². The van der Waals surface area contributed by atoms with E-state index in [0.29, 0.717) is 0 Å². The van der Waals surface area contributed by atoms with Crippen molar-refractivity contribution in [2.75, 3.05) is 31.7 Å². The van der Waals surface area contributed by atoms with Gasteiger partial charge in [0.05, 0.1) is 19.8 Å². The summed E-state index contributed by atoms with van der Waals surface area (Å²) in [4.78, 5) is 2.25. The van der Waals surface area contributed by atoms with Gasteiger partial charge in [-0.2, -0.15) is 0 Å². The summed E-state index contributed by atoms with van der Waals surface area (Å²) in [6.07, 6.45) is 0. The molecule has 1 heterocycles. The number of aliphatic hydroxyl groups is 1. The zero-order valence-corrected chi connectivity index (χ0v) is 11.3. The molecule has 1 aromatic carbocycles. The minimum atomic E-state index is 0.0503. The third-order valence-electron chi connectivity index (χ3n) is 3.42. The van der Waals surface area contributed by atoms with Crippen LogP contribution in [0.4, 0.5) is 5.69 Å². The van der Waals surface area contributed by atoms with Gasteiger partial charge in [-0.3, -0.25) is 0 Å². The predicted octanol–water partition coefficient (Wildman–Crippen LogP) is 1.24. The minimum absolute atomic E-state index is 0.0503. The molecule has 1 unspecified atom stereocenters. The van der Waals surface area contributed by atoms with E-state index in [0.717, 1.165) is 24.5 Å². The van der Waals surface area contributed by atoms with Gasteiger partial charge in [0.25, 0.3) is 0 Å².